The summed E-state index contributed by atoms with van der Waals surface area (Å²) in [6, 6.07) is 4.50. The molecule has 7 heteroatoms. The first-order valence-corrected chi connectivity index (χ1v) is 7.10. The largest absolute Gasteiger partial charge is 0.508 e. The fourth-order valence-electron chi connectivity index (χ4n) is 1.58. The van der Waals surface area contributed by atoms with Gasteiger partial charge in [0.2, 0.25) is 0 Å². The van der Waals surface area contributed by atoms with Crippen LogP contribution in [0.2, 0.25) is 0 Å². The van der Waals surface area contributed by atoms with Crippen LogP contribution >= 0.6 is 0 Å². The van der Waals surface area contributed by atoms with Gasteiger partial charge >= 0.3 is 0 Å². The van der Waals surface area contributed by atoms with Crippen LogP contribution < -0.4 is 4.72 Å². The highest BCUT2D eigenvalue weighted by Crippen LogP contribution is 2.22. The molecule has 0 bridgehead atoms. The predicted molar refractivity (Wildman–Crippen MR) is 71.6 cm³/mol. The minimum Gasteiger partial charge on any atom is -0.508 e. The number of benzene rings is 1. The molecule has 0 radical (unpaired) electrons. The van der Waals surface area contributed by atoms with Crippen molar-refractivity contribution in [1.29, 1.82) is 0 Å². The lowest BCUT2D eigenvalue weighted by molar-refractivity contribution is 0.471. The van der Waals surface area contributed by atoms with E-state index in [1.165, 1.54) is 18.3 Å². The Bertz CT molecular complexity index is 700. The summed E-state index contributed by atoms with van der Waals surface area (Å²) in [5, 5.41) is 9.38. The summed E-state index contributed by atoms with van der Waals surface area (Å²) >= 11 is 0. The molecular formula is C12H15N3O3S. The Morgan fingerprint density at radius 2 is 2.00 bits per heavy atom. The fraction of sp³-hybridized carbons (Fsp3) is 0.250. The fourth-order valence-corrected chi connectivity index (χ4v) is 2.67. The van der Waals surface area contributed by atoms with Crippen molar-refractivity contribution in [1.82, 2.24) is 9.55 Å². The Labute approximate surface area is 111 Å². The third-order valence-electron chi connectivity index (χ3n) is 2.81. The van der Waals surface area contributed by atoms with Gasteiger partial charge in [0.05, 0.1) is 0 Å². The van der Waals surface area contributed by atoms with E-state index in [0.717, 1.165) is 0 Å². The van der Waals surface area contributed by atoms with Crippen LogP contribution in [-0.4, -0.2) is 23.1 Å². The minimum atomic E-state index is -3.71. The summed E-state index contributed by atoms with van der Waals surface area (Å²) in [5.41, 5.74) is 0.982. The van der Waals surface area contributed by atoms with Crippen molar-refractivity contribution in [2.24, 2.45) is 7.05 Å². The van der Waals surface area contributed by atoms with Gasteiger partial charge in [-0.1, -0.05) is 0 Å². The van der Waals surface area contributed by atoms with Crippen molar-refractivity contribution in [2.45, 2.75) is 18.9 Å². The molecule has 0 aliphatic carbocycles. The summed E-state index contributed by atoms with van der Waals surface area (Å²) in [6.45, 7) is 3.42. The van der Waals surface area contributed by atoms with Crippen LogP contribution in [0, 0.1) is 13.8 Å². The molecule has 2 rings (SSSR count). The number of imidazole rings is 1. The van der Waals surface area contributed by atoms with E-state index in [4.69, 9.17) is 0 Å². The Balaban J connectivity index is 2.33. The van der Waals surface area contributed by atoms with Crippen molar-refractivity contribution in [3.63, 3.8) is 0 Å². The molecule has 0 spiro atoms. The number of nitrogens with zero attached hydrogens (tertiary/aromatic N) is 2. The average Bonchev–Trinajstić information content (AvgIpc) is 2.65. The lowest BCUT2D eigenvalue weighted by atomic mass is 10.2. The van der Waals surface area contributed by atoms with E-state index in [1.807, 2.05) is 0 Å². The lowest BCUT2D eigenvalue weighted by Crippen LogP contribution is -2.13. The standard InChI is InChI=1S/C12H15N3O3S/c1-8-6-10(4-5-11(8)16)14-19(17,18)12-7-15(3)9(2)13-12/h4-7,14,16H,1-3H3. The van der Waals surface area contributed by atoms with Gasteiger partial charge in [-0.2, -0.15) is 8.42 Å². The lowest BCUT2D eigenvalue weighted by Gasteiger charge is -2.07. The molecule has 0 aliphatic heterocycles. The summed E-state index contributed by atoms with van der Waals surface area (Å²) in [4.78, 5) is 3.98. The normalized spacial score (nSPS) is 11.5. The van der Waals surface area contributed by atoms with Crippen LogP contribution in [0.3, 0.4) is 0 Å². The molecule has 1 heterocycles. The van der Waals surface area contributed by atoms with Crippen LogP contribution in [0.5, 0.6) is 5.75 Å². The highest BCUT2D eigenvalue weighted by Gasteiger charge is 2.18. The number of hydrogen-bond donors (Lipinski definition) is 2. The summed E-state index contributed by atoms with van der Waals surface area (Å²) < 4.78 is 28.3. The molecule has 0 atom stereocenters. The van der Waals surface area contributed by atoms with Gasteiger partial charge in [-0.15, -0.1) is 0 Å². The number of rotatable bonds is 3. The van der Waals surface area contributed by atoms with E-state index in [1.54, 1.807) is 31.5 Å². The maximum absolute atomic E-state index is 12.1. The van der Waals surface area contributed by atoms with E-state index in [9.17, 15) is 13.5 Å². The Morgan fingerprint density at radius 3 is 2.53 bits per heavy atom. The highest BCUT2D eigenvalue weighted by molar-refractivity contribution is 7.92. The number of phenols is 1. The minimum absolute atomic E-state index is 0.0294. The predicted octanol–water partition coefficient (Wildman–Crippen LogP) is 1.54. The Morgan fingerprint density at radius 1 is 1.32 bits per heavy atom. The molecule has 0 amide bonds. The number of hydrogen-bond acceptors (Lipinski definition) is 4. The zero-order valence-corrected chi connectivity index (χ0v) is 11.7. The van der Waals surface area contributed by atoms with Gasteiger partial charge in [0.15, 0.2) is 5.03 Å². The molecule has 0 fully saturated rings. The van der Waals surface area contributed by atoms with E-state index in [0.29, 0.717) is 17.1 Å². The number of aromatic nitrogens is 2. The number of sulfonamides is 1. The van der Waals surface area contributed by atoms with Crippen molar-refractivity contribution >= 4 is 15.7 Å². The van der Waals surface area contributed by atoms with Gasteiger partial charge in [-0.3, -0.25) is 4.72 Å². The molecule has 1 aromatic heterocycles. The maximum atomic E-state index is 12.1. The first-order chi connectivity index (χ1) is 8.79. The van der Waals surface area contributed by atoms with Crippen LogP contribution in [0.4, 0.5) is 5.69 Å². The number of aryl methyl sites for hydroxylation is 3. The SMILES string of the molecule is Cc1cc(NS(=O)(=O)c2cn(C)c(C)n2)ccc1O. The van der Waals surface area contributed by atoms with Crippen LogP contribution in [0.1, 0.15) is 11.4 Å². The molecular weight excluding hydrogens is 266 g/mol. The smallest absolute Gasteiger partial charge is 0.280 e. The average molecular weight is 281 g/mol. The van der Waals surface area contributed by atoms with E-state index in [2.05, 4.69) is 9.71 Å². The van der Waals surface area contributed by atoms with E-state index in [-0.39, 0.29) is 10.8 Å². The molecule has 0 unspecified atom stereocenters. The van der Waals surface area contributed by atoms with Crippen LogP contribution in [0.15, 0.2) is 29.4 Å². The van der Waals surface area contributed by atoms with Crippen molar-refractivity contribution in [3.05, 3.63) is 35.8 Å². The molecule has 2 N–H and O–H groups in total. The number of nitrogens with one attached hydrogen (secondary N) is 1. The topological polar surface area (TPSA) is 84.2 Å². The number of anilines is 1. The zero-order valence-electron chi connectivity index (χ0n) is 10.9. The molecule has 1 aromatic carbocycles. The third-order valence-corrected chi connectivity index (χ3v) is 4.06. The van der Waals surface area contributed by atoms with Gasteiger partial charge < -0.3 is 9.67 Å². The molecule has 0 saturated heterocycles. The first-order valence-electron chi connectivity index (χ1n) is 5.62. The Hall–Kier alpha value is -2.02. The van der Waals surface area contributed by atoms with Crippen LogP contribution in [0.25, 0.3) is 0 Å². The van der Waals surface area contributed by atoms with Crippen molar-refractivity contribution in [3.8, 4) is 5.75 Å². The monoisotopic (exact) mass is 281 g/mol. The molecule has 0 saturated carbocycles. The second-order valence-corrected chi connectivity index (χ2v) is 5.97. The summed E-state index contributed by atoms with van der Waals surface area (Å²) in [7, 11) is -1.98. The number of aromatic hydroxyl groups is 1. The van der Waals surface area contributed by atoms with E-state index < -0.39 is 10.0 Å². The van der Waals surface area contributed by atoms with E-state index >= 15 is 0 Å². The summed E-state index contributed by atoms with van der Waals surface area (Å²) in [5.74, 6) is 0.735. The van der Waals surface area contributed by atoms with Gasteiger partial charge in [0, 0.05) is 18.9 Å². The quantitative estimate of drug-likeness (QED) is 0.836. The molecule has 2 aromatic rings. The van der Waals surface area contributed by atoms with Crippen molar-refractivity contribution < 1.29 is 13.5 Å². The molecule has 6 nitrogen and oxygen atoms in total. The third kappa shape index (κ3) is 2.70. The highest BCUT2D eigenvalue weighted by atomic mass is 32.2. The van der Waals surface area contributed by atoms with Crippen molar-refractivity contribution in [2.75, 3.05) is 4.72 Å². The van der Waals surface area contributed by atoms with Gasteiger partial charge in [-0.05, 0) is 37.6 Å². The number of phenolic OH excluding ortho intramolecular Hbond substituents is 1. The van der Waals surface area contributed by atoms with Crippen LogP contribution in [-0.2, 0) is 17.1 Å². The molecule has 102 valence electrons. The second-order valence-electron chi connectivity index (χ2n) is 4.34. The van der Waals surface area contributed by atoms with Gasteiger partial charge in [0.1, 0.15) is 11.6 Å². The molecule has 0 aliphatic rings. The van der Waals surface area contributed by atoms with Gasteiger partial charge in [-0.25, -0.2) is 4.98 Å². The first kappa shape index (κ1) is 13.4. The second kappa shape index (κ2) is 4.58. The zero-order chi connectivity index (χ0) is 14.2. The molecule has 19 heavy (non-hydrogen) atoms. The Kier molecular flexibility index (Phi) is 3.23. The van der Waals surface area contributed by atoms with Gasteiger partial charge in [0.25, 0.3) is 10.0 Å². The maximum Gasteiger partial charge on any atom is 0.280 e. The summed E-state index contributed by atoms with van der Waals surface area (Å²) in [6.07, 6.45) is 1.45.